The predicted molar refractivity (Wildman–Crippen MR) is 71.3 cm³/mol. The quantitative estimate of drug-likeness (QED) is 0.889. The minimum absolute atomic E-state index is 0.00703. The summed E-state index contributed by atoms with van der Waals surface area (Å²) in [5, 5.41) is 9.51. The van der Waals surface area contributed by atoms with Gasteiger partial charge in [-0.15, -0.1) is 0 Å². The SMILES string of the molecule is O=c1cc(-n2ccnc2)ccn1C1CCC(O)CC1. The van der Waals surface area contributed by atoms with Crippen molar-refractivity contribution in [1.29, 1.82) is 0 Å². The van der Waals surface area contributed by atoms with E-state index in [1.54, 1.807) is 23.2 Å². The summed E-state index contributed by atoms with van der Waals surface area (Å²) in [7, 11) is 0. The Bertz CT molecular complexity index is 595. The molecular formula is C14H17N3O2. The molecule has 5 nitrogen and oxygen atoms in total. The van der Waals surface area contributed by atoms with E-state index in [1.165, 1.54) is 0 Å². The van der Waals surface area contributed by atoms with Crippen molar-refractivity contribution in [2.45, 2.75) is 37.8 Å². The molecule has 5 heteroatoms. The lowest BCUT2D eigenvalue weighted by atomic mass is 9.93. The first-order valence-electron chi connectivity index (χ1n) is 6.62. The van der Waals surface area contributed by atoms with E-state index in [4.69, 9.17) is 0 Å². The summed E-state index contributed by atoms with van der Waals surface area (Å²) in [6.45, 7) is 0. The highest BCUT2D eigenvalue weighted by molar-refractivity contribution is 5.29. The fourth-order valence-electron chi connectivity index (χ4n) is 2.69. The van der Waals surface area contributed by atoms with Crippen molar-refractivity contribution in [3.8, 4) is 5.69 Å². The third-order valence-electron chi connectivity index (χ3n) is 3.79. The van der Waals surface area contributed by atoms with Crippen LogP contribution in [0.1, 0.15) is 31.7 Å². The zero-order valence-electron chi connectivity index (χ0n) is 10.6. The molecule has 1 saturated carbocycles. The highest BCUT2D eigenvalue weighted by Crippen LogP contribution is 2.27. The fraction of sp³-hybridized carbons (Fsp3) is 0.429. The molecular weight excluding hydrogens is 242 g/mol. The topological polar surface area (TPSA) is 60.0 Å². The number of hydrogen-bond donors (Lipinski definition) is 1. The minimum atomic E-state index is -0.197. The van der Waals surface area contributed by atoms with Gasteiger partial charge in [0.25, 0.3) is 5.56 Å². The molecule has 0 aromatic carbocycles. The van der Waals surface area contributed by atoms with Gasteiger partial charge < -0.3 is 14.2 Å². The second-order valence-electron chi connectivity index (χ2n) is 5.06. The lowest BCUT2D eigenvalue weighted by Gasteiger charge is -2.27. The molecule has 1 aliphatic carbocycles. The van der Waals surface area contributed by atoms with Crippen LogP contribution in [0, 0.1) is 0 Å². The molecule has 0 amide bonds. The van der Waals surface area contributed by atoms with Crippen LogP contribution >= 0.6 is 0 Å². The van der Waals surface area contributed by atoms with E-state index < -0.39 is 0 Å². The molecule has 0 spiro atoms. The second kappa shape index (κ2) is 5.01. The van der Waals surface area contributed by atoms with E-state index in [9.17, 15) is 9.90 Å². The van der Waals surface area contributed by atoms with Gasteiger partial charge in [-0.25, -0.2) is 4.98 Å². The molecule has 1 aliphatic rings. The molecule has 1 N–H and O–H groups in total. The van der Waals surface area contributed by atoms with Crippen molar-refractivity contribution in [1.82, 2.24) is 14.1 Å². The molecule has 0 aliphatic heterocycles. The van der Waals surface area contributed by atoms with E-state index in [-0.39, 0.29) is 17.7 Å². The second-order valence-corrected chi connectivity index (χ2v) is 5.06. The average Bonchev–Trinajstić information content (AvgIpc) is 2.94. The van der Waals surface area contributed by atoms with Crippen molar-refractivity contribution in [3.63, 3.8) is 0 Å². The summed E-state index contributed by atoms with van der Waals surface area (Å²) in [6, 6.07) is 3.77. The standard InChI is InChI=1S/C14H17N3O2/c18-13-3-1-11(2-4-13)17-7-5-12(9-14(17)19)16-8-6-15-10-16/h5-11,13,18H,1-4H2. The van der Waals surface area contributed by atoms with Gasteiger partial charge in [-0.05, 0) is 31.7 Å². The largest absolute Gasteiger partial charge is 0.393 e. The Labute approximate surface area is 111 Å². The molecule has 19 heavy (non-hydrogen) atoms. The van der Waals surface area contributed by atoms with E-state index in [0.717, 1.165) is 31.4 Å². The highest BCUT2D eigenvalue weighted by atomic mass is 16.3. The maximum atomic E-state index is 12.2. The molecule has 100 valence electrons. The number of aliphatic hydroxyl groups is 1. The van der Waals surface area contributed by atoms with Gasteiger partial charge in [0.05, 0.1) is 18.1 Å². The summed E-state index contributed by atoms with van der Waals surface area (Å²) < 4.78 is 3.60. The van der Waals surface area contributed by atoms with E-state index in [1.807, 2.05) is 23.0 Å². The number of pyridine rings is 1. The zero-order chi connectivity index (χ0) is 13.2. The third kappa shape index (κ3) is 2.46. The van der Waals surface area contributed by atoms with Crippen LogP contribution in [0.5, 0.6) is 0 Å². The van der Waals surface area contributed by atoms with Crippen LogP contribution in [-0.2, 0) is 0 Å². The number of rotatable bonds is 2. The molecule has 0 bridgehead atoms. The van der Waals surface area contributed by atoms with Crippen LogP contribution in [0.15, 0.2) is 41.8 Å². The van der Waals surface area contributed by atoms with Crippen molar-refractivity contribution in [3.05, 3.63) is 47.4 Å². The van der Waals surface area contributed by atoms with Crippen molar-refractivity contribution < 1.29 is 5.11 Å². The van der Waals surface area contributed by atoms with Crippen LogP contribution in [-0.4, -0.2) is 25.3 Å². The minimum Gasteiger partial charge on any atom is -0.393 e. The third-order valence-corrected chi connectivity index (χ3v) is 3.79. The average molecular weight is 259 g/mol. The number of nitrogens with zero attached hydrogens (tertiary/aromatic N) is 3. The number of aromatic nitrogens is 3. The fourth-order valence-corrected chi connectivity index (χ4v) is 2.69. The van der Waals surface area contributed by atoms with Gasteiger partial charge in [-0.1, -0.05) is 0 Å². The lowest BCUT2D eigenvalue weighted by molar-refractivity contribution is 0.110. The Hall–Kier alpha value is -1.88. The molecule has 3 rings (SSSR count). The molecule has 2 aromatic heterocycles. The lowest BCUT2D eigenvalue weighted by Crippen LogP contribution is -2.28. The van der Waals surface area contributed by atoms with Crippen molar-refractivity contribution >= 4 is 0 Å². The molecule has 1 fully saturated rings. The Morgan fingerprint density at radius 2 is 2.00 bits per heavy atom. The van der Waals surface area contributed by atoms with Gasteiger partial charge in [-0.3, -0.25) is 4.79 Å². The predicted octanol–water partition coefficient (Wildman–Crippen LogP) is 1.51. The van der Waals surface area contributed by atoms with E-state index in [2.05, 4.69) is 4.98 Å². The van der Waals surface area contributed by atoms with Gasteiger partial charge >= 0.3 is 0 Å². The van der Waals surface area contributed by atoms with Crippen LogP contribution in [0.4, 0.5) is 0 Å². The Morgan fingerprint density at radius 1 is 1.21 bits per heavy atom. The summed E-state index contributed by atoms with van der Waals surface area (Å²) in [5.74, 6) is 0. The number of imidazole rings is 1. The van der Waals surface area contributed by atoms with Gasteiger partial charge in [0, 0.05) is 30.7 Å². The zero-order valence-corrected chi connectivity index (χ0v) is 10.6. The van der Waals surface area contributed by atoms with Crippen LogP contribution in [0.2, 0.25) is 0 Å². The maximum absolute atomic E-state index is 12.2. The summed E-state index contributed by atoms with van der Waals surface area (Å²) in [4.78, 5) is 16.2. The first-order valence-corrected chi connectivity index (χ1v) is 6.62. The number of aliphatic hydroxyl groups excluding tert-OH is 1. The molecule has 0 radical (unpaired) electrons. The molecule has 0 atom stereocenters. The van der Waals surface area contributed by atoms with Gasteiger partial charge in [0.2, 0.25) is 0 Å². The maximum Gasteiger partial charge on any atom is 0.252 e. The molecule has 0 unspecified atom stereocenters. The number of hydrogen-bond acceptors (Lipinski definition) is 3. The van der Waals surface area contributed by atoms with Crippen LogP contribution < -0.4 is 5.56 Å². The van der Waals surface area contributed by atoms with Crippen LogP contribution in [0.3, 0.4) is 0 Å². The van der Waals surface area contributed by atoms with Gasteiger partial charge in [0.1, 0.15) is 0 Å². The van der Waals surface area contributed by atoms with Gasteiger partial charge in [-0.2, -0.15) is 0 Å². The van der Waals surface area contributed by atoms with Crippen molar-refractivity contribution in [2.75, 3.05) is 0 Å². The molecule has 0 saturated heterocycles. The van der Waals surface area contributed by atoms with Gasteiger partial charge in [0.15, 0.2) is 0 Å². The summed E-state index contributed by atoms with van der Waals surface area (Å²) in [6.07, 6.45) is 10.1. The highest BCUT2D eigenvalue weighted by Gasteiger charge is 2.21. The summed E-state index contributed by atoms with van der Waals surface area (Å²) >= 11 is 0. The smallest absolute Gasteiger partial charge is 0.252 e. The summed E-state index contributed by atoms with van der Waals surface area (Å²) in [5.41, 5.74) is 0.835. The van der Waals surface area contributed by atoms with Crippen LogP contribution in [0.25, 0.3) is 5.69 Å². The normalized spacial score (nSPS) is 23.4. The first-order chi connectivity index (χ1) is 9.24. The van der Waals surface area contributed by atoms with Crippen molar-refractivity contribution in [2.24, 2.45) is 0 Å². The Morgan fingerprint density at radius 3 is 2.63 bits per heavy atom. The monoisotopic (exact) mass is 259 g/mol. The first kappa shape index (κ1) is 12.2. The molecule has 2 heterocycles. The molecule has 2 aromatic rings. The Kier molecular flexibility index (Phi) is 3.21. The van der Waals surface area contributed by atoms with E-state index >= 15 is 0 Å². The van der Waals surface area contributed by atoms with E-state index in [0.29, 0.717) is 0 Å². The Balaban J connectivity index is 1.86.